The van der Waals surface area contributed by atoms with Crippen molar-refractivity contribution in [3.05, 3.63) is 0 Å². The fraction of sp³-hybridized carbons (Fsp3) is 1.00. The van der Waals surface area contributed by atoms with Crippen LogP contribution in [-0.2, 0) is 0 Å². The van der Waals surface area contributed by atoms with Gasteiger partial charge in [0, 0.05) is 5.54 Å². The summed E-state index contributed by atoms with van der Waals surface area (Å²) in [5.74, 6) is 0.119. The summed E-state index contributed by atoms with van der Waals surface area (Å²) in [6.07, 6.45) is 0.237. The van der Waals surface area contributed by atoms with E-state index in [4.69, 9.17) is 10.8 Å². The molecular formula is C7H16FNO. The zero-order chi connectivity index (χ0) is 8.20. The first kappa shape index (κ1) is 9.85. The lowest BCUT2D eigenvalue weighted by Crippen LogP contribution is -2.48. The molecular weight excluding hydrogens is 133 g/mol. The molecule has 0 aliphatic heterocycles. The highest BCUT2D eigenvalue weighted by molar-refractivity contribution is 4.86. The standard InChI is InChI=1S/C7H16FNO/c1-6(2)7(9,5-10)3-4-8/h6,10H,3-5,9H2,1-2H3/t7-/m0/s1. The summed E-state index contributed by atoms with van der Waals surface area (Å²) in [7, 11) is 0. The summed E-state index contributed by atoms with van der Waals surface area (Å²) >= 11 is 0. The second-order valence-electron chi connectivity index (χ2n) is 2.98. The lowest BCUT2D eigenvalue weighted by Gasteiger charge is -2.30. The molecule has 0 spiro atoms. The molecule has 0 aliphatic rings. The molecule has 0 rings (SSSR count). The molecule has 10 heavy (non-hydrogen) atoms. The predicted octanol–water partition coefficient (Wildman–Crippen LogP) is 0.692. The molecule has 0 aromatic heterocycles. The Hall–Kier alpha value is -0.150. The van der Waals surface area contributed by atoms with Crippen molar-refractivity contribution in [3.8, 4) is 0 Å². The smallest absolute Gasteiger partial charge is 0.0912 e. The maximum absolute atomic E-state index is 11.8. The molecule has 3 N–H and O–H groups in total. The second kappa shape index (κ2) is 3.88. The first-order valence-corrected chi connectivity index (χ1v) is 3.52. The number of rotatable bonds is 4. The van der Waals surface area contributed by atoms with Crippen LogP contribution in [0.15, 0.2) is 0 Å². The Labute approximate surface area is 61.2 Å². The number of nitrogens with two attached hydrogens (primary N) is 1. The highest BCUT2D eigenvalue weighted by atomic mass is 19.1. The molecule has 2 nitrogen and oxygen atoms in total. The van der Waals surface area contributed by atoms with Crippen molar-refractivity contribution in [2.45, 2.75) is 25.8 Å². The van der Waals surface area contributed by atoms with E-state index in [-0.39, 0.29) is 18.9 Å². The van der Waals surface area contributed by atoms with Gasteiger partial charge in [-0.3, -0.25) is 4.39 Å². The van der Waals surface area contributed by atoms with Crippen LogP contribution in [0.2, 0.25) is 0 Å². The molecule has 0 aromatic carbocycles. The van der Waals surface area contributed by atoms with Crippen LogP contribution in [0.1, 0.15) is 20.3 Å². The molecule has 0 aromatic rings. The first-order chi connectivity index (χ1) is 4.56. The Morgan fingerprint density at radius 2 is 2.10 bits per heavy atom. The third-order valence-electron chi connectivity index (χ3n) is 2.00. The van der Waals surface area contributed by atoms with E-state index in [2.05, 4.69) is 0 Å². The summed E-state index contributed by atoms with van der Waals surface area (Å²) in [5, 5.41) is 8.80. The van der Waals surface area contributed by atoms with Crippen LogP contribution in [0.5, 0.6) is 0 Å². The van der Waals surface area contributed by atoms with Crippen LogP contribution >= 0.6 is 0 Å². The van der Waals surface area contributed by atoms with E-state index < -0.39 is 12.2 Å². The first-order valence-electron chi connectivity index (χ1n) is 3.52. The Bertz CT molecular complexity index is 97.6. The van der Waals surface area contributed by atoms with Gasteiger partial charge in [0.1, 0.15) is 0 Å². The molecule has 0 radical (unpaired) electrons. The number of alkyl halides is 1. The van der Waals surface area contributed by atoms with Gasteiger partial charge in [0.05, 0.1) is 13.3 Å². The number of hydrogen-bond donors (Lipinski definition) is 2. The minimum absolute atomic E-state index is 0.119. The lowest BCUT2D eigenvalue weighted by molar-refractivity contribution is 0.137. The van der Waals surface area contributed by atoms with Crippen LogP contribution in [0.25, 0.3) is 0 Å². The van der Waals surface area contributed by atoms with E-state index >= 15 is 0 Å². The van der Waals surface area contributed by atoms with Crippen molar-refractivity contribution in [2.24, 2.45) is 11.7 Å². The number of aliphatic hydroxyl groups excluding tert-OH is 1. The number of hydrogen-bond acceptors (Lipinski definition) is 2. The SMILES string of the molecule is CC(C)[C@@](N)(CO)CCF. The van der Waals surface area contributed by atoms with Crippen molar-refractivity contribution in [1.29, 1.82) is 0 Å². The van der Waals surface area contributed by atoms with E-state index in [1.165, 1.54) is 0 Å². The summed E-state index contributed by atoms with van der Waals surface area (Å²) in [5.41, 5.74) is 4.93. The van der Waals surface area contributed by atoms with E-state index in [1.54, 1.807) is 0 Å². The highest BCUT2D eigenvalue weighted by Gasteiger charge is 2.27. The Morgan fingerprint density at radius 3 is 2.20 bits per heavy atom. The van der Waals surface area contributed by atoms with Crippen molar-refractivity contribution in [3.63, 3.8) is 0 Å². The van der Waals surface area contributed by atoms with Crippen LogP contribution in [0, 0.1) is 5.92 Å². The van der Waals surface area contributed by atoms with Crippen LogP contribution < -0.4 is 5.73 Å². The molecule has 0 saturated heterocycles. The summed E-state index contributed by atoms with van der Waals surface area (Å²) < 4.78 is 11.8. The third-order valence-corrected chi connectivity index (χ3v) is 2.00. The Kier molecular flexibility index (Phi) is 3.83. The van der Waals surface area contributed by atoms with Crippen molar-refractivity contribution in [2.75, 3.05) is 13.3 Å². The maximum atomic E-state index is 11.8. The van der Waals surface area contributed by atoms with Gasteiger partial charge in [0.15, 0.2) is 0 Å². The van der Waals surface area contributed by atoms with Crippen molar-refractivity contribution >= 4 is 0 Å². The van der Waals surface area contributed by atoms with Crippen LogP contribution in [0.4, 0.5) is 4.39 Å². The zero-order valence-corrected chi connectivity index (χ0v) is 6.60. The lowest BCUT2D eigenvalue weighted by atomic mass is 9.86. The maximum Gasteiger partial charge on any atom is 0.0912 e. The molecule has 1 atom stereocenters. The van der Waals surface area contributed by atoms with Crippen molar-refractivity contribution < 1.29 is 9.50 Å². The molecule has 0 saturated carbocycles. The third kappa shape index (κ3) is 2.23. The van der Waals surface area contributed by atoms with Crippen molar-refractivity contribution in [1.82, 2.24) is 0 Å². The van der Waals surface area contributed by atoms with Crippen LogP contribution in [-0.4, -0.2) is 23.9 Å². The topological polar surface area (TPSA) is 46.2 Å². The molecule has 0 unspecified atom stereocenters. The van der Waals surface area contributed by atoms with Gasteiger partial charge >= 0.3 is 0 Å². The molecule has 62 valence electrons. The average Bonchev–Trinajstić information content (AvgIpc) is 1.88. The quantitative estimate of drug-likeness (QED) is 0.617. The Morgan fingerprint density at radius 1 is 1.60 bits per heavy atom. The molecule has 0 amide bonds. The normalized spacial score (nSPS) is 17.4. The van der Waals surface area contributed by atoms with E-state index in [0.717, 1.165) is 0 Å². The van der Waals surface area contributed by atoms with Crippen LogP contribution in [0.3, 0.4) is 0 Å². The zero-order valence-electron chi connectivity index (χ0n) is 6.60. The minimum atomic E-state index is -0.727. The van der Waals surface area contributed by atoms with Gasteiger partial charge in [0.25, 0.3) is 0 Å². The summed E-state index contributed by atoms with van der Waals surface area (Å²) in [4.78, 5) is 0. The fourth-order valence-electron chi connectivity index (χ4n) is 0.726. The van der Waals surface area contributed by atoms with Gasteiger partial charge < -0.3 is 10.8 Å². The summed E-state index contributed by atoms with van der Waals surface area (Å²) in [6, 6.07) is 0. The largest absolute Gasteiger partial charge is 0.394 e. The van der Waals surface area contributed by atoms with Gasteiger partial charge in [-0.05, 0) is 12.3 Å². The predicted molar refractivity (Wildman–Crippen MR) is 39.4 cm³/mol. The minimum Gasteiger partial charge on any atom is -0.394 e. The van der Waals surface area contributed by atoms with E-state index in [9.17, 15) is 4.39 Å². The second-order valence-corrected chi connectivity index (χ2v) is 2.98. The number of aliphatic hydroxyl groups is 1. The fourth-order valence-corrected chi connectivity index (χ4v) is 0.726. The molecule has 0 bridgehead atoms. The van der Waals surface area contributed by atoms with Gasteiger partial charge in [0.2, 0.25) is 0 Å². The average molecular weight is 149 g/mol. The van der Waals surface area contributed by atoms with Gasteiger partial charge in [-0.15, -0.1) is 0 Å². The molecule has 0 heterocycles. The molecule has 3 heteroatoms. The van der Waals surface area contributed by atoms with Gasteiger partial charge in [-0.2, -0.15) is 0 Å². The molecule has 0 aliphatic carbocycles. The number of halogens is 1. The van der Waals surface area contributed by atoms with Gasteiger partial charge in [-0.1, -0.05) is 13.8 Å². The monoisotopic (exact) mass is 149 g/mol. The van der Waals surface area contributed by atoms with E-state index in [0.29, 0.717) is 0 Å². The van der Waals surface area contributed by atoms with E-state index in [1.807, 2.05) is 13.8 Å². The highest BCUT2D eigenvalue weighted by Crippen LogP contribution is 2.17. The Balaban J connectivity index is 3.94. The van der Waals surface area contributed by atoms with Gasteiger partial charge in [-0.25, -0.2) is 0 Å². The molecule has 0 fully saturated rings. The summed E-state index contributed by atoms with van der Waals surface area (Å²) in [6.45, 7) is 3.15.